The van der Waals surface area contributed by atoms with Gasteiger partial charge in [-0.2, -0.15) is 0 Å². The summed E-state index contributed by atoms with van der Waals surface area (Å²) in [6.45, 7) is 4.24. The highest BCUT2D eigenvalue weighted by atomic mass is 32.1. The highest BCUT2D eigenvalue weighted by molar-refractivity contribution is 7.15. The minimum atomic E-state index is -0.633. The molecule has 1 fully saturated rings. The van der Waals surface area contributed by atoms with Crippen molar-refractivity contribution < 1.29 is 9.18 Å². The van der Waals surface area contributed by atoms with E-state index in [0.29, 0.717) is 11.0 Å². The lowest BCUT2D eigenvalue weighted by atomic mass is 9.64. The van der Waals surface area contributed by atoms with Crippen molar-refractivity contribution in [2.24, 2.45) is 5.92 Å². The molecule has 23 heavy (non-hydrogen) atoms. The molecule has 1 aliphatic carbocycles. The number of aromatic nitrogens is 2. The molecule has 1 aromatic heterocycles. The maximum absolute atomic E-state index is 13.5. The number of rotatable bonds is 5. The first-order valence-corrected chi connectivity index (χ1v) is 8.71. The largest absolute Gasteiger partial charge is 0.300 e. The Morgan fingerprint density at radius 2 is 2.17 bits per heavy atom. The van der Waals surface area contributed by atoms with E-state index in [1.807, 2.05) is 6.07 Å². The van der Waals surface area contributed by atoms with Gasteiger partial charge in [-0.25, -0.2) is 4.39 Å². The minimum absolute atomic E-state index is 0.110. The van der Waals surface area contributed by atoms with Crippen LogP contribution in [0.2, 0.25) is 0 Å². The van der Waals surface area contributed by atoms with Crippen molar-refractivity contribution in [2.45, 2.75) is 44.9 Å². The van der Waals surface area contributed by atoms with Gasteiger partial charge in [-0.15, -0.1) is 10.2 Å². The van der Waals surface area contributed by atoms with E-state index in [0.717, 1.165) is 36.3 Å². The average molecular weight is 333 g/mol. The number of nitrogens with zero attached hydrogens (tertiary/aromatic N) is 2. The molecule has 0 atom stereocenters. The fourth-order valence-electron chi connectivity index (χ4n) is 2.92. The van der Waals surface area contributed by atoms with Crippen molar-refractivity contribution in [1.29, 1.82) is 0 Å². The lowest BCUT2D eigenvalue weighted by Crippen LogP contribution is -2.46. The summed E-state index contributed by atoms with van der Waals surface area (Å²) in [6.07, 6.45) is 3.29. The van der Waals surface area contributed by atoms with Gasteiger partial charge >= 0.3 is 0 Å². The number of carbonyl (C=O) groups excluding carboxylic acids is 1. The molecule has 122 valence electrons. The van der Waals surface area contributed by atoms with Crippen LogP contribution in [0.15, 0.2) is 24.3 Å². The van der Waals surface area contributed by atoms with Gasteiger partial charge in [0.05, 0.1) is 5.41 Å². The van der Waals surface area contributed by atoms with Crippen molar-refractivity contribution in [1.82, 2.24) is 10.2 Å². The van der Waals surface area contributed by atoms with Crippen LogP contribution in [-0.4, -0.2) is 16.1 Å². The smallest absolute Gasteiger partial charge is 0.236 e. The number of anilines is 1. The van der Waals surface area contributed by atoms with E-state index in [9.17, 15) is 9.18 Å². The second-order valence-corrected chi connectivity index (χ2v) is 7.56. The van der Waals surface area contributed by atoms with E-state index in [2.05, 4.69) is 29.4 Å². The Bertz CT molecular complexity index is 709. The first-order valence-electron chi connectivity index (χ1n) is 7.89. The molecule has 4 nitrogen and oxygen atoms in total. The molecule has 1 aliphatic rings. The Morgan fingerprint density at radius 3 is 2.78 bits per heavy atom. The van der Waals surface area contributed by atoms with Crippen LogP contribution in [0.1, 0.15) is 43.7 Å². The Kier molecular flexibility index (Phi) is 4.43. The number of amides is 1. The molecule has 1 aromatic carbocycles. The second kappa shape index (κ2) is 6.35. The molecule has 1 N–H and O–H groups in total. The molecule has 0 saturated heterocycles. The average Bonchev–Trinajstić information content (AvgIpc) is 2.83. The third-order valence-electron chi connectivity index (χ3n) is 4.29. The summed E-state index contributed by atoms with van der Waals surface area (Å²) in [6, 6.07) is 6.34. The van der Waals surface area contributed by atoms with Gasteiger partial charge in [-0.3, -0.25) is 10.1 Å². The Morgan fingerprint density at radius 1 is 1.39 bits per heavy atom. The zero-order chi connectivity index (χ0) is 16.4. The SMILES string of the molecule is CC(C)Cc1nnc(NC(=O)C2(c3cccc(F)c3)CCC2)s1. The van der Waals surface area contributed by atoms with Crippen LogP contribution in [0.25, 0.3) is 0 Å². The van der Waals surface area contributed by atoms with Crippen molar-refractivity contribution in [3.05, 3.63) is 40.7 Å². The van der Waals surface area contributed by atoms with Gasteiger partial charge in [-0.05, 0) is 36.5 Å². The third kappa shape index (κ3) is 3.27. The van der Waals surface area contributed by atoms with Crippen LogP contribution in [0.3, 0.4) is 0 Å². The van der Waals surface area contributed by atoms with Crippen molar-refractivity contribution in [2.75, 3.05) is 5.32 Å². The molecule has 3 rings (SSSR count). The van der Waals surface area contributed by atoms with Gasteiger partial charge in [0.1, 0.15) is 10.8 Å². The first-order chi connectivity index (χ1) is 11.0. The lowest BCUT2D eigenvalue weighted by molar-refractivity contribution is -0.124. The van der Waals surface area contributed by atoms with Crippen molar-refractivity contribution >= 4 is 22.4 Å². The summed E-state index contributed by atoms with van der Waals surface area (Å²) < 4.78 is 13.5. The fraction of sp³-hybridized carbons (Fsp3) is 0.471. The van der Waals surface area contributed by atoms with Crippen LogP contribution in [0.4, 0.5) is 9.52 Å². The van der Waals surface area contributed by atoms with E-state index < -0.39 is 5.41 Å². The predicted molar refractivity (Wildman–Crippen MR) is 89.0 cm³/mol. The number of hydrogen-bond acceptors (Lipinski definition) is 4. The van der Waals surface area contributed by atoms with E-state index >= 15 is 0 Å². The summed E-state index contributed by atoms with van der Waals surface area (Å²) in [5.41, 5.74) is 0.111. The van der Waals surface area contributed by atoms with Crippen molar-refractivity contribution in [3.8, 4) is 0 Å². The number of hydrogen-bond donors (Lipinski definition) is 1. The molecular weight excluding hydrogens is 313 g/mol. The van der Waals surface area contributed by atoms with Crippen LogP contribution in [-0.2, 0) is 16.6 Å². The first kappa shape index (κ1) is 16.1. The van der Waals surface area contributed by atoms with Crippen LogP contribution >= 0.6 is 11.3 Å². The minimum Gasteiger partial charge on any atom is -0.300 e. The quantitative estimate of drug-likeness (QED) is 0.902. The number of nitrogens with one attached hydrogen (secondary N) is 1. The monoisotopic (exact) mass is 333 g/mol. The number of benzene rings is 1. The molecule has 1 heterocycles. The van der Waals surface area contributed by atoms with Crippen LogP contribution < -0.4 is 5.32 Å². The maximum atomic E-state index is 13.5. The van der Waals surface area contributed by atoms with E-state index in [4.69, 9.17) is 0 Å². The Balaban J connectivity index is 1.77. The number of halogens is 1. The highest BCUT2D eigenvalue weighted by Gasteiger charge is 2.46. The summed E-state index contributed by atoms with van der Waals surface area (Å²) in [5.74, 6) is 0.0788. The molecule has 1 saturated carbocycles. The molecule has 0 bridgehead atoms. The van der Waals surface area contributed by atoms with Gasteiger partial charge in [0, 0.05) is 6.42 Å². The molecule has 0 radical (unpaired) electrons. The van der Waals surface area contributed by atoms with Gasteiger partial charge in [0.2, 0.25) is 11.0 Å². The van der Waals surface area contributed by atoms with E-state index in [1.165, 1.54) is 23.5 Å². The van der Waals surface area contributed by atoms with Gasteiger partial charge in [0.25, 0.3) is 0 Å². The Hall–Kier alpha value is -1.82. The van der Waals surface area contributed by atoms with E-state index in [1.54, 1.807) is 6.07 Å². The van der Waals surface area contributed by atoms with Gasteiger partial charge in [0.15, 0.2) is 0 Å². The van der Waals surface area contributed by atoms with Crippen LogP contribution in [0.5, 0.6) is 0 Å². The standard InChI is InChI=1S/C17H20FN3OS/c1-11(2)9-14-20-21-16(23-14)19-15(22)17(7-4-8-17)12-5-3-6-13(18)10-12/h3,5-6,10-11H,4,7-9H2,1-2H3,(H,19,21,22). The second-order valence-electron chi connectivity index (χ2n) is 6.50. The maximum Gasteiger partial charge on any atom is 0.236 e. The molecule has 1 amide bonds. The van der Waals surface area contributed by atoms with Crippen molar-refractivity contribution in [3.63, 3.8) is 0 Å². The fourth-order valence-corrected chi connectivity index (χ4v) is 3.86. The zero-order valence-electron chi connectivity index (χ0n) is 13.3. The summed E-state index contributed by atoms with van der Waals surface area (Å²) in [7, 11) is 0. The van der Waals surface area contributed by atoms with E-state index in [-0.39, 0.29) is 11.7 Å². The summed E-state index contributed by atoms with van der Waals surface area (Å²) >= 11 is 1.41. The summed E-state index contributed by atoms with van der Waals surface area (Å²) in [5, 5.41) is 12.5. The van der Waals surface area contributed by atoms with Gasteiger partial charge in [-0.1, -0.05) is 43.7 Å². The summed E-state index contributed by atoms with van der Waals surface area (Å²) in [4.78, 5) is 12.8. The molecular formula is C17H20FN3OS. The Labute approximate surface area is 139 Å². The highest BCUT2D eigenvalue weighted by Crippen LogP contribution is 2.44. The number of carbonyl (C=O) groups is 1. The lowest BCUT2D eigenvalue weighted by Gasteiger charge is -2.40. The molecule has 0 spiro atoms. The topological polar surface area (TPSA) is 54.9 Å². The molecule has 0 unspecified atom stereocenters. The molecule has 0 aliphatic heterocycles. The van der Waals surface area contributed by atoms with Crippen LogP contribution in [0, 0.1) is 11.7 Å². The van der Waals surface area contributed by atoms with Gasteiger partial charge < -0.3 is 0 Å². The molecule has 6 heteroatoms. The zero-order valence-corrected chi connectivity index (χ0v) is 14.1. The predicted octanol–water partition coefficient (Wildman–Crippen LogP) is 3.94. The third-order valence-corrected chi connectivity index (χ3v) is 5.15. The normalized spacial score (nSPS) is 16.2. The molecule has 2 aromatic rings.